The number of nitrogens with zero attached hydrogens (tertiary/aromatic N) is 6. The molecule has 0 radical (unpaired) electrons. The molecule has 0 saturated carbocycles. The number of nitrogens with one attached hydrogen (secondary N) is 1. The first kappa shape index (κ1) is 18.2. The molecule has 0 aliphatic carbocycles. The number of aliphatic hydroxyl groups is 1. The zero-order valence-electron chi connectivity index (χ0n) is 13.2. The van der Waals surface area contributed by atoms with Crippen LogP contribution in [0.4, 0.5) is 19.0 Å². The largest absolute Gasteiger partial charge is 0.573 e. The minimum atomic E-state index is -4.83. The number of carbonyl (C=O) groups excluding carboxylic acids is 1. The molecule has 2 aromatic heterocycles. The third-order valence-corrected chi connectivity index (χ3v) is 3.15. The van der Waals surface area contributed by atoms with Crippen LogP contribution < -0.4 is 10.1 Å². The summed E-state index contributed by atoms with van der Waals surface area (Å²) >= 11 is 0. The smallest absolute Gasteiger partial charge is 0.406 e. The summed E-state index contributed by atoms with van der Waals surface area (Å²) in [6, 6.07) is 5.09. The predicted octanol–water partition coefficient (Wildman–Crippen LogP) is 0.866. The summed E-state index contributed by atoms with van der Waals surface area (Å²) in [5.74, 6) is -1.07. The van der Waals surface area contributed by atoms with E-state index in [1.54, 1.807) is 0 Å². The van der Waals surface area contributed by atoms with Gasteiger partial charge in [-0.05, 0) is 32.9 Å². The second-order valence-electron chi connectivity index (χ2n) is 4.96. The molecule has 0 amide bonds. The molecule has 0 spiro atoms. The molecule has 2 N–H and O–H groups in total. The molecule has 3 rings (SSSR count). The average molecular weight is 385 g/mol. The van der Waals surface area contributed by atoms with Crippen molar-refractivity contribution < 1.29 is 32.4 Å². The molecular formula is C13H10F3N7O4. The van der Waals surface area contributed by atoms with Crippen LogP contribution in [-0.2, 0) is 6.67 Å². The topological polar surface area (TPSA) is 141 Å². The number of aromatic nitrogens is 6. The van der Waals surface area contributed by atoms with Gasteiger partial charge in [-0.3, -0.25) is 4.79 Å². The third kappa shape index (κ3) is 4.35. The van der Waals surface area contributed by atoms with Crippen LogP contribution in [0.15, 0.2) is 28.9 Å². The second kappa shape index (κ2) is 7.36. The summed E-state index contributed by atoms with van der Waals surface area (Å²) in [6.07, 6.45) is -4.83. The minimum Gasteiger partial charge on any atom is -0.406 e. The third-order valence-electron chi connectivity index (χ3n) is 3.15. The van der Waals surface area contributed by atoms with Crippen LogP contribution >= 0.6 is 0 Å². The number of tetrazole rings is 1. The van der Waals surface area contributed by atoms with Crippen molar-refractivity contribution in [2.24, 2.45) is 0 Å². The average Bonchev–Trinajstić information content (AvgIpc) is 3.27. The fraction of sp³-hybridized carbons (Fsp3) is 0.231. The summed E-state index contributed by atoms with van der Waals surface area (Å²) in [6.45, 7) is -0.905. The number of benzene rings is 1. The number of hydrogen-bond donors (Lipinski definition) is 2. The molecule has 0 aliphatic heterocycles. The quantitative estimate of drug-likeness (QED) is 0.563. The van der Waals surface area contributed by atoms with Crippen LogP contribution in [-0.4, -0.2) is 54.4 Å². The standard InChI is InChI=1S/C13H10F3N7O4/c14-13(15,16)26-8-3-1-2-7(4-8)12-18-21-22-23(12)6-17-11-10(9(25)5-24)19-27-20-11/h1-4,24H,5-6H2,(H,17,20). The molecule has 11 nitrogen and oxygen atoms in total. The Morgan fingerprint density at radius 2 is 2.15 bits per heavy atom. The van der Waals surface area contributed by atoms with Crippen LogP contribution in [0.25, 0.3) is 11.4 Å². The molecule has 142 valence electrons. The molecule has 2 heterocycles. The van der Waals surface area contributed by atoms with E-state index < -0.39 is 24.5 Å². The van der Waals surface area contributed by atoms with Crippen LogP contribution in [0.2, 0.25) is 0 Å². The monoisotopic (exact) mass is 385 g/mol. The normalized spacial score (nSPS) is 11.4. The summed E-state index contributed by atoms with van der Waals surface area (Å²) in [7, 11) is 0. The summed E-state index contributed by atoms with van der Waals surface area (Å²) in [5, 5.41) is 29.3. The van der Waals surface area contributed by atoms with E-state index in [2.05, 4.69) is 40.5 Å². The predicted molar refractivity (Wildman–Crippen MR) is 79.3 cm³/mol. The Balaban J connectivity index is 1.78. The van der Waals surface area contributed by atoms with E-state index in [9.17, 15) is 18.0 Å². The Morgan fingerprint density at radius 1 is 1.33 bits per heavy atom. The van der Waals surface area contributed by atoms with E-state index in [0.717, 1.165) is 12.1 Å². The van der Waals surface area contributed by atoms with Gasteiger partial charge in [-0.15, -0.1) is 18.3 Å². The summed E-state index contributed by atoms with van der Waals surface area (Å²) < 4.78 is 46.6. The Labute approximate surface area is 147 Å². The molecule has 0 unspecified atom stereocenters. The summed E-state index contributed by atoms with van der Waals surface area (Å²) in [5.41, 5.74) is 0.0428. The van der Waals surface area contributed by atoms with Gasteiger partial charge >= 0.3 is 6.36 Å². The van der Waals surface area contributed by atoms with Gasteiger partial charge in [0, 0.05) is 5.56 Å². The van der Waals surface area contributed by atoms with Crippen LogP contribution in [0, 0.1) is 0 Å². The van der Waals surface area contributed by atoms with E-state index in [1.165, 1.54) is 16.8 Å². The van der Waals surface area contributed by atoms with Gasteiger partial charge in [0.25, 0.3) is 0 Å². The van der Waals surface area contributed by atoms with Gasteiger partial charge in [-0.1, -0.05) is 12.1 Å². The van der Waals surface area contributed by atoms with Gasteiger partial charge in [-0.2, -0.15) is 0 Å². The molecule has 14 heteroatoms. The highest BCUT2D eigenvalue weighted by molar-refractivity contribution is 5.98. The Hall–Kier alpha value is -3.55. The lowest BCUT2D eigenvalue weighted by Crippen LogP contribution is -2.17. The number of ether oxygens (including phenoxy) is 1. The number of hydrogen-bond acceptors (Lipinski definition) is 10. The molecule has 0 bridgehead atoms. The second-order valence-corrected chi connectivity index (χ2v) is 4.96. The van der Waals surface area contributed by atoms with E-state index in [0.29, 0.717) is 0 Å². The number of halogens is 3. The fourth-order valence-corrected chi connectivity index (χ4v) is 2.06. The van der Waals surface area contributed by atoms with Gasteiger partial charge in [0.05, 0.1) is 0 Å². The lowest BCUT2D eigenvalue weighted by atomic mass is 10.2. The fourth-order valence-electron chi connectivity index (χ4n) is 2.06. The van der Waals surface area contributed by atoms with E-state index in [1.807, 2.05) is 0 Å². The molecule has 0 atom stereocenters. The number of rotatable bonds is 7. The summed E-state index contributed by atoms with van der Waals surface area (Å²) in [4.78, 5) is 11.5. The number of anilines is 1. The highest BCUT2D eigenvalue weighted by Crippen LogP contribution is 2.26. The Morgan fingerprint density at radius 3 is 2.89 bits per heavy atom. The number of alkyl halides is 3. The van der Waals surface area contributed by atoms with Crippen molar-refractivity contribution in [1.29, 1.82) is 0 Å². The molecule has 0 aliphatic rings. The maximum atomic E-state index is 12.4. The maximum absolute atomic E-state index is 12.4. The van der Waals surface area contributed by atoms with Gasteiger partial charge in [-0.25, -0.2) is 9.31 Å². The molecule has 3 aromatic rings. The first-order valence-electron chi connectivity index (χ1n) is 7.20. The molecular weight excluding hydrogens is 375 g/mol. The highest BCUT2D eigenvalue weighted by atomic mass is 19.4. The van der Waals surface area contributed by atoms with Crippen LogP contribution in [0.1, 0.15) is 10.5 Å². The van der Waals surface area contributed by atoms with Gasteiger partial charge in [0.15, 0.2) is 11.5 Å². The van der Waals surface area contributed by atoms with Gasteiger partial charge in [0.1, 0.15) is 19.0 Å². The highest BCUT2D eigenvalue weighted by Gasteiger charge is 2.31. The minimum absolute atomic E-state index is 0.0512. The van der Waals surface area contributed by atoms with Crippen molar-refractivity contribution in [3.63, 3.8) is 0 Å². The zero-order valence-corrected chi connectivity index (χ0v) is 13.2. The van der Waals surface area contributed by atoms with Crippen molar-refractivity contribution in [2.45, 2.75) is 13.0 Å². The number of carbonyl (C=O) groups is 1. The number of aliphatic hydroxyl groups excluding tert-OH is 1. The van der Waals surface area contributed by atoms with Crippen molar-refractivity contribution in [3.05, 3.63) is 30.0 Å². The van der Waals surface area contributed by atoms with E-state index in [4.69, 9.17) is 5.11 Å². The van der Waals surface area contributed by atoms with Gasteiger partial charge in [0.2, 0.25) is 11.6 Å². The van der Waals surface area contributed by atoms with Crippen LogP contribution in [0.5, 0.6) is 5.75 Å². The first-order chi connectivity index (χ1) is 12.9. The first-order valence-corrected chi connectivity index (χ1v) is 7.20. The molecule has 27 heavy (non-hydrogen) atoms. The zero-order chi connectivity index (χ0) is 19.4. The van der Waals surface area contributed by atoms with Crippen LogP contribution in [0.3, 0.4) is 0 Å². The van der Waals surface area contributed by atoms with Crippen molar-refractivity contribution >= 4 is 11.6 Å². The SMILES string of the molecule is O=C(CO)c1nonc1NCn1nnnc1-c1cccc(OC(F)(F)F)c1. The van der Waals surface area contributed by atoms with Crippen molar-refractivity contribution in [1.82, 2.24) is 30.5 Å². The van der Waals surface area contributed by atoms with Gasteiger partial charge < -0.3 is 15.2 Å². The van der Waals surface area contributed by atoms with E-state index >= 15 is 0 Å². The lowest BCUT2D eigenvalue weighted by Gasteiger charge is -2.10. The van der Waals surface area contributed by atoms with Crippen molar-refractivity contribution in [2.75, 3.05) is 11.9 Å². The lowest BCUT2D eigenvalue weighted by molar-refractivity contribution is -0.274. The Kier molecular flexibility index (Phi) is 4.98. The molecule has 1 aromatic carbocycles. The van der Waals surface area contributed by atoms with Crippen molar-refractivity contribution in [3.8, 4) is 17.1 Å². The molecule has 0 fully saturated rings. The maximum Gasteiger partial charge on any atom is 0.573 e. The molecule has 0 saturated heterocycles. The van der Waals surface area contributed by atoms with E-state index in [-0.39, 0.29) is 29.6 Å². The number of Topliss-reactive ketones (excluding diaryl/α,β-unsaturated/α-hetero) is 1. The number of ketones is 1. The Bertz CT molecular complexity index is 940.